The summed E-state index contributed by atoms with van der Waals surface area (Å²) in [6.45, 7) is -1.61. The van der Waals surface area contributed by atoms with Gasteiger partial charge in [-0.25, -0.2) is 0 Å². The Labute approximate surface area is 185 Å². The minimum Gasteiger partial charge on any atom is -0.481 e. The third-order valence-corrected chi connectivity index (χ3v) is 3.18. The Morgan fingerprint density at radius 1 is 0.552 bits per heavy atom. The van der Waals surface area contributed by atoms with Crippen LogP contribution in [0.5, 0.6) is 0 Å². The fourth-order valence-corrected chi connectivity index (χ4v) is 1.50. The average Bonchev–Trinajstić information content (AvgIpc) is 2.61. The molecule has 0 aromatic carbocycles. The highest BCUT2D eigenvalue weighted by molar-refractivity contribution is 7.80. The molecule has 7 N–H and O–H groups in total. The highest BCUT2D eigenvalue weighted by Crippen LogP contribution is 2.19. The molecule has 0 amide bonds. The van der Waals surface area contributed by atoms with Crippen molar-refractivity contribution < 1.29 is 54.9 Å². The molecule has 0 heterocycles. The second-order valence-electron chi connectivity index (χ2n) is 5.15. The van der Waals surface area contributed by atoms with Gasteiger partial charge in [-0.05, 0) is 0 Å². The van der Waals surface area contributed by atoms with Crippen LogP contribution in [0.1, 0.15) is 25.7 Å². The molecule has 0 spiro atoms. The lowest BCUT2D eigenvalue weighted by atomic mass is 9.87. The fraction of sp³-hybridized carbons (Fsp3) is 0.733. The maximum Gasteiger partial charge on any atom is 0.304 e. The van der Waals surface area contributed by atoms with Gasteiger partial charge < -0.3 is 35.7 Å². The molecule has 14 heteroatoms. The van der Waals surface area contributed by atoms with Gasteiger partial charge in [0.2, 0.25) is 0 Å². The van der Waals surface area contributed by atoms with E-state index in [-0.39, 0.29) is 19.3 Å². The van der Waals surface area contributed by atoms with Crippen LogP contribution in [0.2, 0.25) is 0 Å². The lowest BCUT2D eigenvalue weighted by molar-refractivity contribution is -0.143. The van der Waals surface area contributed by atoms with Crippen LogP contribution < -0.4 is 0 Å². The summed E-state index contributed by atoms with van der Waals surface area (Å²) in [5, 5.41) is 57.8. The van der Waals surface area contributed by atoms with Crippen LogP contribution in [0.3, 0.4) is 0 Å². The first-order chi connectivity index (χ1) is 13.4. The van der Waals surface area contributed by atoms with Crippen molar-refractivity contribution >= 4 is 61.8 Å². The Kier molecular flexibility index (Phi) is 30.2. The number of carboxylic acids is 4. The first kappa shape index (κ1) is 35.3. The predicted octanol–water partition coefficient (Wildman–Crippen LogP) is -0.403. The third-order valence-electron chi connectivity index (χ3n) is 2.51. The molecular formula is C15H30O11S3. The highest BCUT2D eigenvalue weighted by Gasteiger charge is 2.30. The summed E-state index contributed by atoms with van der Waals surface area (Å²) in [4.78, 5) is 38.8. The van der Waals surface area contributed by atoms with Gasteiger partial charge in [0.05, 0.1) is 50.9 Å². The molecule has 0 aliphatic rings. The van der Waals surface area contributed by atoms with E-state index in [0.29, 0.717) is 17.3 Å². The van der Waals surface area contributed by atoms with Crippen molar-refractivity contribution in [1.29, 1.82) is 0 Å². The van der Waals surface area contributed by atoms with Crippen LogP contribution in [-0.2, 0) is 19.2 Å². The van der Waals surface area contributed by atoms with Crippen molar-refractivity contribution in [3.8, 4) is 0 Å². The van der Waals surface area contributed by atoms with Gasteiger partial charge in [-0.3, -0.25) is 19.2 Å². The van der Waals surface area contributed by atoms with Crippen molar-refractivity contribution in [2.75, 3.05) is 37.1 Å². The molecule has 0 atom stereocenters. The van der Waals surface area contributed by atoms with Crippen molar-refractivity contribution in [3.05, 3.63) is 0 Å². The molecule has 0 rings (SSSR count). The van der Waals surface area contributed by atoms with Crippen LogP contribution >= 0.6 is 37.9 Å². The molecule has 0 aromatic rings. The molecule has 29 heavy (non-hydrogen) atoms. The van der Waals surface area contributed by atoms with Gasteiger partial charge in [0.15, 0.2) is 0 Å². The molecule has 0 saturated carbocycles. The molecular weight excluding hydrogens is 452 g/mol. The van der Waals surface area contributed by atoms with Crippen LogP contribution in [-0.4, -0.2) is 96.7 Å². The molecule has 0 saturated heterocycles. The van der Waals surface area contributed by atoms with Gasteiger partial charge in [0.25, 0.3) is 0 Å². The maximum atomic E-state index is 10.2. The standard InChI is InChI=1S/C6H12O5.3C3H6O2S/c7-2-6(3-8,4-9)1-5(10)11;3*4-3(5)1-2-6/h7-9H,1-4H2,(H,10,11);3*6H,1-2H2,(H,4,5). The number of aliphatic carboxylic acids is 4. The number of aliphatic hydroxyl groups excluding tert-OH is 3. The number of aliphatic hydroxyl groups is 3. The summed E-state index contributed by atoms with van der Waals surface area (Å²) in [6, 6.07) is 0. The normalized spacial score (nSPS) is 9.45. The Balaban J connectivity index is -0.000000151. The summed E-state index contributed by atoms with van der Waals surface area (Å²) in [6.07, 6.45) is 0.0336. The smallest absolute Gasteiger partial charge is 0.304 e. The van der Waals surface area contributed by atoms with Gasteiger partial charge in [0.1, 0.15) is 0 Å². The van der Waals surface area contributed by atoms with Crippen LogP contribution in [0.25, 0.3) is 0 Å². The van der Waals surface area contributed by atoms with Crippen LogP contribution in [0, 0.1) is 5.41 Å². The second-order valence-corrected chi connectivity index (χ2v) is 6.49. The molecule has 0 aromatic heterocycles. The van der Waals surface area contributed by atoms with Gasteiger partial charge in [-0.2, -0.15) is 37.9 Å². The minimum absolute atomic E-state index is 0.156. The molecule has 0 unspecified atom stereocenters. The Hall–Kier alpha value is -1.19. The summed E-state index contributed by atoms with van der Waals surface area (Å²) in [7, 11) is 0. The van der Waals surface area contributed by atoms with E-state index in [4.69, 9.17) is 35.7 Å². The minimum atomic E-state index is -1.29. The van der Waals surface area contributed by atoms with E-state index in [0.717, 1.165) is 0 Å². The topological polar surface area (TPSA) is 210 Å². The maximum absolute atomic E-state index is 10.2. The number of carbonyl (C=O) groups is 4. The van der Waals surface area contributed by atoms with Crippen LogP contribution in [0.15, 0.2) is 0 Å². The second kappa shape index (κ2) is 24.8. The Morgan fingerprint density at radius 2 is 0.793 bits per heavy atom. The SMILES string of the molecule is O=C(O)CC(CO)(CO)CO.O=C(O)CCS.O=C(O)CCS.O=C(O)CCS. The summed E-state index contributed by atoms with van der Waals surface area (Å²) in [5.41, 5.74) is -1.29. The number of hydrogen-bond donors (Lipinski definition) is 10. The predicted molar refractivity (Wildman–Crippen MR) is 114 cm³/mol. The third kappa shape index (κ3) is 34.7. The number of hydrogen-bond acceptors (Lipinski definition) is 10. The quantitative estimate of drug-likeness (QED) is 0.171. The lowest BCUT2D eigenvalue weighted by Crippen LogP contribution is -2.36. The zero-order valence-electron chi connectivity index (χ0n) is 15.7. The van der Waals surface area contributed by atoms with E-state index in [9.17, 15) is 19.2 Å². The molecule has 0 fully saturated rings. The first-order valence-corrected chi connectivity index (χ1v) is 9.83. The number of rotatable bonds is 11. The average molecular weight is 483 g/mol. The van der Waals surface area contributed by atoms with Crippen molar-refractivity contribution in [2.45, 2.75) is 25.7 Å². The van der Waals surface area contributed by atoms with E-state index in [1.54, 1.807) is 0 Å². The Morgan fingerprint density at radius 3 is 0.828 bits per heavy atom. The summed E-state index contributed by atoms with van der Waals surface area (Å²) >= 11 is 11.0. The molecule has 0 bridgehead atoms. The molecule has 0 aliphatic carbocycles. The summed E-state index contributed by atoms with van der Waals surface area (Å²) < 4.78 is 0. The van der Waals surface area contributed by atoms with E-state index < -0.39 is 55.5 Å². The monoisotopic (exact) mass is 482 g/mol. The molecule has 0 radical (unpaired) electrons. The van der Waals surface area contributed by atoms with Crippen molar-refractivity contribution in [3.63, 3.8) is 0 Å². The zero-order valence-corrected chi connectivity index (χ0v) is 18.4. The molecule has 11 nitrogen and oxygen atoms in total. The number of thiol groups is 3. The number of carboxylic acid groups (broad SMARTS) is 4. The van der Waals surface area contributed by atoms with Crippen molar-refractivity contribution in [1.82, 2.24) is 0 Å². The van der Waals surface area contributed by atoms with E-state index >= 15 is 0 Å². The molecule has 174 valence electrons. The van der Waals surface area contributed by atoms with Gasteiger partial charge in [-0.1, -0.05) is 0 Å². The largest absolute Gasteiger partial charge is 0.481 e. The van der Waals surface area contributed by atoms with E-state index in [1.807, 2.05) is 0 Å². The first-order valence-electron chi connectivity index (χ1n) is 7.94. The Bertz CT molecular complexity index is 397. The molecule has 0 aliphatic heterocycles. The lowest BCUT2D eigenvalue weighted by Gasteiger charge is -2.24. The van der Waals surface area contributed by atoms with Crippen molar-refractivity contribution in [2.24, 2.45) is 5.41 Å². The van der Waals surface area contributed by atoms with Gasteiger partial charge in [0, 0.05) is 17.3 Å². The van der Waals surface area contributed by atoms with E-state index in [1.165, 1.54) is 0 Å². The summed E-state index contributed by atoms with van der Waals surface area (Å²) in [5.74, 6) is -2.23. The van der Waals surface area contributed by atoms with Gasteiger partial charge in [-0.15, -0.1) is 0 Å². The van der Waals surface area contributed by atoms with Crippen LogP contribution in [0.4, 0.5) is 0 Å². The highest BCUT2D eigenvalue weighted by atomic mass is 32.1. The zero-order chi connectivity index (χ0) is 23.9. The van der Waals surface area contributed by atoms with Gasteiger partial charge >= 0.3 is 23.9 Å². The fourth-order valence-electron chi connectivity index (χ4n) is 0.925. The van der Waals surface area contributed by atoms with E-state index in [2.05, 4.69) is 37.9 Å².